The van der Waals surface area contributed by atoms with Gasteiger partial charge < -0.3 is 5.32 Å². The van der Waals surface area contributed by atoms with Crippen LogP contribution < -0.4 is 5.32 Å². The Hall–Kier alpha value is -1.12. The monoisotopic (exact) mass is 221 g/mol. The lowest BCUT2D eigenvalue weighted by molar-refractivity contribution is 0.519. The summed E-state index contributed by atoms with van der Waals surface area (Å²) in [4.78, 5) is 8.53. The lowest BCUT2D eigenvalue weighted by Gasteiger charge is -2.14. The Morgan fingerprint density at radius 3 is 2.62 bits per heavy atom. The van der Waals surface area contributed by atoms with Gasteiger partial charge in [0, 0.05) is 17.9 Å². The van der Waals surface area contributed by atoms with Crippen molar-refractivity contribution < 1.29 is 0 Å². The van der Waals surface area contributed by atoms with Crippen molar-refractivity contribution in [1.82, 2.24) is 9.97 Å². The molecule has 1 atom stereocenters. The topological polar surface area (TPSA) is 37.8 Å². The predicted molar refractivity (Wildman–Crippen MR) is 68.5 cm³/mol. The minimum absolute atomic E-state index is 0.445. The van der Waals surface area contributed by atoms with E-state index in [2.05, 4.69) is 36.1 Å². The number of nitrogens with one attached hydrogen (secondary N) is 1. The highest BCUT2D eigenvalue weighted by atomic mass is 15.1. The highest BCUT2D eigenvalue weighted by Gasteiger charge is 2.04. The maximum absolute atomic E-state index is 4.33. The summed E-state index contributed by atoms with van der Waals surface area (Å²) in [6, 6.07) is 2.36. The highest BCUT2D eigenvalue weighted by Crippen LogP contribution is 2.10. The number of nitrogens with zero attached hydrogens (tertiary/aromatic N) is 2. The van der Waals surface area contributed by atoms with Crippen molar-refractivity contribution in [2.75, 3.05) is 5.32 Å². The van der Waals surface area contributed by atoms with Gasteiger partial charge in [0.2, 0.25) is 5.95 Å². The first-order valence-electron chi connectivity index (χ1n) is 6.14. The second-order valence-electron chi connectivity index (χ2n) is 4.89. The Morgan fingerprint density at radius 1 is 1.25 bits per heavy atom. The Bertz CT molecular complexity index is 310. The van der Waals surface area contributed by atoms with Crippen LogP contribution in [0.25, 0.3) is 0 Å². The van der Waals surface area contributed by atoms with E-state index < -0.39 is 0 Å². The van der Waals surface area contributed by atoms with Gasteiger partial charge in [-0.2, -0.15) is 0 Å². The Labute approximate surface area is 98.7 Å². The first-order valence-corrected chi connectivity index (χ1v) is 6.14. The zero-order valence-electron chi connectivity index (χ0n) is 10.8. The van der Waals surface area contributed by atoms with E-state index in [-0.39, 0.29) is 0 Å². The fraction of sp³-hybridized carbons (Fsp3) is 0.692. The third-order valence-corrected chi connectivity index (χ3v) is 2.59. The molecule has 0 radical (unpaired) electrons. The number of anilines is 1. The molecule has 0 amide bonds. The SMILES string of the molecule is Cc1ccnc(NC(C)CCCC(C)C)n1. The average Bonchev–Trinajstić information content (AvgIpc) is 2.16. The molecule has 1 aromatic heterocycles. The molecule has 0 saturated heterocycles. The molecule has 0 aromatic carbocycles. The first-order chi connectivity index (χ1) is 7.58. The van der Waals surface area contributed by atoms with Crippen molar-refractivity contribution in [3.05, 3.63) is 18.0 Å². The van der Waals surface area contributed by atoms with Crippen molar-refractivity contribution in [3.8, 4) is 0 Å². The average molecular weight is 221 g/mol. The van der Waals surface area contributed by atoms with Gasteiger partial charge in [0.25, 0.3) is 0 Å². The van der Waals surface area contributed by atoms with E-state index in [9.17, 15) is 0 Å². The maximum Gasteiger partial charge on any atom is 0.223 e. The summed E-state index contributed by atoms with van der Waals surface area (Å²) in [6.07, 6.45) is 5.53. The van der Waals surface area contributed by atoms with Crippen LogP contribution in [-0.4, -0.2) is 16.0 Å². The van der Waals surface area contributed by atoms with Gasteiger partial charge in [-0.1, -0.05) is 26.7 Å². The molecule has 0 bridgehead atoms. The zero-order chi connectivity index (χ0) is 12.0. The first kappa shape index (κ1) is 12.9. The van der Waals surface area contributed by atoms with Crippen LogP contribution in [0.5, 0.6) is 0 Å². The van der Waals surface area contributed by atoms with Crippen LogP contribution in [0.1, 0.15) is 45.7 Å². The molecular weight excluding hydrogens is 198 g/mol. The summed E-state index contributed by atoms with van der Waals surface area (Å²) in [5.41, 5.74) is 1.01. The van der Waals surface area contributed by atoms with Gasteiger partial charge in [-0.25, -0.2) is 9.97 Å². The third-order valence-electron chi connectivity index (χ3n) is 2.59. The van der Waals surface area contributed by atoms with E-state index in [1.807, 2.05) is 13.0 Å². The molecule has 0 aliphatic heterocycles. The van der Waals surface area contributed by atoms with Crippen LogP contribution in [0.2, 0.25) is 0 Å². The summed E-state index contributed by atoms with van der Waals surface area (Å²) in [7, 11) is 0. The Balaban J connectivity index is 2.31. The largest absolute Gasteiger partial charge is 0.352 e. The minimum Gasteiger partial charge on any atom is -0.352 e. The molecule has 1 unspecified atom stereocenters. The standard InChI is InChI=1S/C13H23N3/c1-10(2)6-5-7-11(3)15-13-14-9-8-12(4)16-13/h8-11H,5-7H2,1-4H3,(H,14,15,16). The summed E-state index contributed by atoms with van der Waals surface area (Å²) < 4.78 is 0. The maximum atomic E-state index is 4.33. The van der Waals surface area contributed by atoms with E-state index in [0.29, 0.717) is 6.04 Å². The zero-order valence-corrected chi connectivity index (χ0v) is 10.8. The predicted octanol–water partition coefficient (Wildman–Crippen LogP) is 3.41. The molecule has 0 fully saturated rings. The fourth-order valence-corrected chi connectivity index (χ4v) is 1.64. The van der Waals surface area contributed by atoms with Gasteiger partial charge in [-0.15, -0.1) is 0 Å². The van der Waals surface area contributed by atoms with Gasteiger partial charge in [-0.05, 0) is 32.3 Å². The molecule has 90 valence electrons. The van der Waals surface area contributed by atoms with E-state index in [0.717, 1.165) is 17.6 Å². The van der Waals surface area contributed by atoms with E-state index >= 15 is 0 Å². The summed E-state index contributed by atoms with van der Waals surface area (Å²) in [5, 5.41) is 3.33. The van der Waals surface area contributed by atoms with Gasteiger partial charge in [-0.3, -0.25) is 0 Å². The van der Waals surface area contributed by atoms with Crippen LogP contribution >= 0.6 is 0 Å². The van der Waals surface area contributed by atoms with Crippen molar-refractivity contribution >= 4 is 5.95 Å². The van der Waals surface area contributed by atoms with Gasteiger partial charge in [0.05, 0.1) is 0 Å². The van der Waals surface area contributed by atoms with Crippen molar-refractivity contribution in [3.63, 3.8) is 0 Å². The quantitative estimate of drug-likeness (QED) is 0.800. The van der Waals surface area contributed by atoms with Crippen molar-refractivity contribution in [1.29, 1.82) is 0 Å². The Kier molecular flexibility index (Phi) is 5.23. The smallest absolute Gasteiger partial charge is 0.223 e. The number of aryl methyl sites for hydroxylation is 1. The number of rotatable bonds is 6. The lowest BCUT2D eigenvalue weighted by Crippen LogP contribution is -2.17. The normalized spacial score (nSPS) is 12.8. The molecule has 1 aromatic rings. The minimum atomic E-state index is 0.445. The Morgan fingerprint density at radius 2 is 2.00 bits per heavy atom. The molecule has 0 saturated carbocycles. The molecule has 3 heteroatoms. The van der Waals surface area contributed by atoms with Crippen molar-refractivity contribution in [2.24, 2.45) is 5.92 Å². The summed E-state index contributed by atoms with van der Waals surface area (Å²) in [6.45, 7) is 8.70. The molecule has 16 heavy (non-hydrogen) atoms. The second kappa shape index (κ2) is 6.46. The fourth-order valence-electron chi connectivity index (χ4n) is 1.64. The molecule has 0 aliphatic carbocycles. The molecule has 1 rings (SSSR count). The van der Waals surface area contributed by atoms with Crippen LogP contribution in [0.15, 0.2) is 12.3 Å². The molecule has 1 heterocycles. The van der Waals surface area contributed by atoms with E-state index in [1.165, 1.54) is 19.3 Å². The summed E-state index contributed by atoms with van der Waals surface area (Å²) in [5.74, 6) is 1.54. The highest BCUT2D eigenvalue weighted by molar-refractivity contribution is 5.25. The number of hydrogen-bond donors (Lipinski definition) is 1. The van der Waals surface area contributed by atoms with E-state index in [1.54, 1.807) is 6.20 Å². The van der Waals surface area contributed by atoms with Gasteiger partial charge >= 0.3 is 0 Å². The van der Waals surface area contributed by atoms with Crippen LogP contribution in [0.3, 0.4) is 0 Å². The number of aromatic nitrogens is 2. The second-order valence-corrected chi connectivity index (χ2v) is 4.89. The number of hydrogen-bond acceptors (Lipinski definition) is 3. The van der Waals surface area contributed by atoms with Crippen LogP contribution in [0.4, 0.5) is 5.95 Å². The third kappa shape index (κ3) is 5.10. The molecule has 0 aliphatic rings. The van der Waals surface area contributed by atoms with Crippen LogP contribution in [0, 0.1) is 12.8 Å². The summed E-state index contributed by atoms with van der Waals surface area (Å²) >= 11 is 0. The van der Waals surface area contributed by atoms with Gasteiger partial charge in [0.1, 0.15) is 0 Å². The molecule has 1 N–H and O–H groups in total. The van der Waals surface area contributed by atoms with E-state index in [4.69, 9.17) is 0 Å². The van der Waals surface area contributed by atoms with Gasteiger partial charge in [0.15, 0.2) is 0 Å². The van der Waals surface area contributed by atoms with Crippen molar-refractivity contribution in [2.45, 2.75) is 53.0 Å². The lowest BCUT2D eigenvalue weighted by atomic mass is 10.0. The molecular formula is C13H23N3. The van der Waals surface area contributed by atoms with Crippen LogP contribution in [-0.2, 0) is 0 Å². The molecule has 0 spiro atoms. The molecule has 3 nitrogen and oxygen atoms in total.